The predicted molar refractivity (Wildman–Crippen MR) is 103 cm³/mol. The van der Waals surface area contributed by atoms with Crippen molar-refractivity contribution in [3.63, 3.8) is 0 Å². The van der Waals surface area contributed by atoms with Gasteiger partial charge in [0, 0.05) is 17.3 Å². The predicted octanol–water partition coefficient (Wildman–Crippen LogP) is 4.62. The molecule has 4 rings (SSSR count). The van der Waals surface area contributed by atoms with Gasteiger partial charge in [-0.25, -0.2) is 0 Å². The van der Waals surface area contributed by atoms with Crippen LogP contribution in [0, 0.1) is 12.8 Å². The molecule has 4 nitrogen and oxygen atoms in total. The maximum atomic E-state index is 13.2. The highest BCUT2D eigenvalue weighted by Crippen LogP contribution is 2.38. The second-order valence-corrected chi connectivity index (χ2v) is 8.91. The first-order valence-corrected chi connectivity index (χ1v) is 10.6. The van der Waals surface area contributed by atoms with Crippen molar-refractivity contribution in [1.29, 1.82) is 0 Å². The Morgan fingerprint density at radius 2 is 2.16 bits per heavy atom. The largest absolute Gasteiger partial charge is 0.331 e. The van der Waals surface area contributed by atoms with Crippen molar-refractivity contribution in [3.05, 3.63) is 38.4 Å². The molecule has 2 amide bonds. The monoisotopic (exact) mass is 374 g/mol. The Morgan fingerprint density at radius 3 is 2.88 bits per heavy atom. The average Bonchev–Trinajstić information content (AvgIpc) is 3.24. The fourth-order valence-corrected chi connectivity index (χ4v) is 5.50. The molecule has 0 spiro atoms. The van der Waals surface area contributed by atoms with Crippen molar-refractivity contribution in [2.75, 3.05) is 11.9 Å². The van der Waals surface area contributed by atoms with E-state index < -0.39 is 0 Å². The van der Waals surface area contributed by atoms with Gasteiger partial charge in [0.15, 0.2) is 0 Å². The van der Waals surface area contributed by atoms with Crippen molar-refractivity contribution in [3.8, 4) is 0 Å². The molecule has 1 aliphatic carbocycles. The summed E-state index contributed by atoms with van der Waals surface area (Å²) in [7, 11) is 0. The second-order valence-electron chi connectivity index (χ2n) is 6.86. The minimum Gasteiger partial charge on any atom is -0.331 e. The number of aryl methyl sites for hydroxylation is 1. The summed E-state index contributed by atoms with van der Waals surface area (Å²) in [5.74, 6) is 0.357. The second kappa shape index (κ2) is 6.57. The van der Waals surface area contributed by atoms with Gasteiger partial charge in [0.05, 0.1) is 15.9 Å². The highest BCUT2D eigenvalue weighted by atomic mass is 32.1. The lowest BCUT2D eigenvalue weighted by molar-refractivity contribution is -0.117. The summed E-state index contributed by atoms with van der Waals surface area (Å²) in [5, 5.41) is 5.89. The molecular formula is C19H22N2O2S2. The molecule has 2 aliphatic rings. The van der Waals surface area contributed by atoms with Crippen LogP contribution in [0.4, 0.5) is 5.00 Å². The van der Waals surface area contributed by atoms with Gasteiger partial charge in [-0.15, -0.1) is 22.7 Å². The maximum absolute atomic E-state index is 13.2. The molecule has 132 valence electrons. The lowest BCUT2D eigenvalue weighted by Crippen LogP contribution is -2.39. The summed E-state index contributed by atoms with van der Waals surface area (Å²) < 4.78 is 0. The van der Waals surface area contributed by atoms with Crippen LogP contribution in [0.15, 0.2) is 17.5 Å². The molecule has 0 radical (unpaired) electrons. The Bertz CT molecular complexity index is 819. The van der Waals surface area contributed by atoms with Crippen molar-refractivity contribution in [1.82, 2.24) is 4.90 Å². The zero-order valence-electron chi connectivity index (χ0n) is 14.5. The number of hydrogen-bond acceptors (Lipinski definition) is 4. The summed E-state index contributed by atoms with van der Waals surface area (Å²) in [6, 6.07) is 4.25. The van der Waals surface area contributed by atoms with E-state index in [0.717, 1.165) is 47.7 Å². The number of amides is 2. The zero-order valence-corrected chi connectivity index (χ0v) is 16.1. The van der Waals surface area contributed by atoms with Crippen LogP contribution in [0.5, 0.6) is 0 Å². The topological polar surface area (TPSA) is 49.4 Å². The molecule has 0 aromatic carbocycles. The van der Waals surface area contributed by atoms with E-state index in [-0.39, 0.29) is 23.8 Å². The van der Waals surface area contributed by atoms with E-state index in [2.05, 4.69) is 23.7 Å². The lowest BCUT2D eigenvalue weighted by atomic mass is 9.97. The fourth-order valence-electron chi connectivity index (χ4n) is 3.54. The van der Waals surface area contributed by atoms with Gasteiger partial charge in [-0.2, -0.15) is 0 Å². The minimum atomic E-state index is 0.0903. The first-order valence-electron chi connectivity index (χ1n) is 8.87. The third-order valence-electron chi connectivity index (χ3n) is 5.05. The molecular weight excluding hydrogens is 352 g/mol. The van der Waals surface area contributed by atoms with Crippen LogP contribution in [0.1, 0.15) is 57.9 Å². The van der Waals surface area contributed by atoms with E-state index in [0.29, 0.717) is 0 Å². The van der Waals surface area contributed by atoms with E-state index >= 15 is 0 Å². The molecule has 0 bridgehead atoms. The molecule has 1 saturated carbocycles. The number of nitrogens with one attached hydrogen (secondary N) is 1. The molecule has 1 atom stereocenters. The Morgan fingerprint density at radius 1 is 1.36 bits per heavy atom. The van der Waals surface area contributed by atoms with Gasteiger partial charge in [-0.05, 0) is 61.2 Å². The van der Waals surface area contributed by atoms with Crippen LogP contribution in [0.3, 0.4) is 0 Å². The third-order valence-corrected chi connectivity index (χ3v) is 7.19. The van der Waals surface area contributed by atoms with E-state index in [4.69, 9.17) is 0 Å². The van der Waals surface area contributed by atoms with Gasteiger partial charge in [0.2, 0.25) is 5.91 Å². The van der Waals surface area contributed by atoms with Gasteiger partial charge in [0.1, 0.15) is 0 Å². The van der Waals surface area contributed by atoms with Crippen molar-refractivity contribution >= 4 is 39.5 Å². The Labute approximate surface area is 155 Å². The normalized spacial score (nSPS) is 19.6. The zero-order chi connectivity index (χ0) is 17.6. The highest BCUT2D eigenvalue weighted by molar-refractivity contribution is 7.18. The van der Waals surface area contributed by atoms with Gasteiger partial charge >= 0.3 is 0 Å². The molecule has 2 aromatic rings. The summed E-state index contributed by atoms with van der Waals surface area (Å²) in [6.07, 6.45) is 3.82. The van der Waals surface area contributed by atoms with Crippen LogP contribution >= 0.6 is 22.7 Å². The quantitative estimate of drug-likeness (QED) is 0.849. The van der Waals surface area contributed by atoms with Crippen molar-refractivity contribution < 1.29 is 9.59 Å². The first kappa shape index (κ1) is 16.8. The number of fused-ring (bicyclic) bond motifs is 1. The molecule has 1 N–H and O–H groups in total. The number of rotatable bonds is 4. The van der Waals surface area contributed by atoms with E-state index in [1.54, 1.807) is 11.3 Å². The number of nitrogens with zero attached hydrogens (tertiary/aromatic N) is 1. The van der Waals surface area contributed by atoms with E-state index in [1.165, 1.54) is 21.8 Å². The number of hydrogen-bond donors (Lipinski definition) is 1. The number of carbonyl (C=O) groups excluding carboxylic acids is 2. The summed E-state index contributed by atoms with van der Waals surface area (Å²) in [5.41, 5.74) is 2.26. The fraction of sp³-hybridized carbons (Fsp3) is 0.474. The first-order chi connectivity index (χ1) is 12.1. The summed E-state index contributed by atoms with van der Waals surface area (Å²) in [4.78, 5) is 29.3. The van der Waals surface area contributed by atoms with Crippen molar-refractivity contribution in [2.45, 2.75) is 45.6 Å². The molecule has 0 saturated heterocycles. The van der Waals surface area contributed by atoms with Gasteiger partial charge < -0.3 is 10.2 Å². The van der Waals surface area contributed by atoms with Crippen LogP contribution in [-0.2, 0) is 11.2 Å². The van der Waals surface area contributed by atoms with Gasteiger partial charge in [-0.3, -0.25) is 9.59 Å². The molecule has 1 aliphatic heterocycles. The smallest absolute Gasteiger partial charge is 0.264 e. The van der Waals surface area contributed by atoms with E-state index in [9.17, 15) is 9.59 Å². The number of carbonyl (C=O) groups is 2. The van der Waals surface area contributed by atoms with Gasteiger partial charge in [-0.1, -0.05) is 6.92 Å². The van der Waals surface area contributed by atoms with Gasteiger partial charge in [0.25, 0.3) is 5.91 Å². The summed E-state index contributed by atoms with van der Waals surface area (Å²) in [6.45, 7) is 4.86. The molecule has 1 fully saturated rings. The third kappa shape index (κ3) is 3.13. The Balaban J connectivity index is 1.56. The molecule has 2 aromatic heterocycles. The Kier molecular flexibility index (Phi) is 4.41. The maximum Gasteiger partial charge on any atom is 0.264 e. The minimum absolute atomic E-state index is 0.0903. The van der Waals surface area contributed by atoms with Crippen LogP contribution < -0.4 is 5.32 Å². The van der Waals surface area contributed by atoms with E-state index in [1.807, 2.05) is 17.9 Å². The van der Waals surface area contributed by atoms with Crippen LogP contribution in [-0.4, -0.2) is 23.3 Å². The Hall–Kier alpha value is -1.66. The average molecular weight is 375 g/mol. The number of thiophene rings is 2. The number of anilines is 1. The lowest BCUT2D eigenvalue weighted by Gasteiger charge is -2.35. The SMILES string of the molecule is CCC1c2ccsc2CCN1C(=O)c1sc(NC(=O)C2CC2)cc1C. The molecule has 25 heavy (non-hydrogen) atoms. The van der Waals surface area contributed by atoms with Crippen molar-refractivity contribution in [2.24, 2.45) is 5.92 Å². The molecule has 3 heterocycles. The highest BCUT2D eigenvalue weighted by Gasteiger charge is 2.33. The van der Waals surface area contributed by atoms with Crippen LogP contribution in [0.25, 0.3) is 0 Å². The molecule has 1 unspecified atom stereocenters. The molecule has 6 heteroatoms. The standard InChI is InChI=1S/C19H22N2O2S2/c1-3-14-13-7-9-24-15(13)6-8-21(14)19(23)17-11(2)10-16(25-17)20-18(22)12-4-5-12/h7,9-10,12,14H,3-6,8H2,1-2H3,(H,20,22). The van der Waals surface area contributed by atoms with Crippen LogP contribution in [0.2, 0.25) is 0 Å². The summed E-state index contributed by atoms with van der Waals surface area (Å²) >= 11 is 3.20.